The zero-order chi connectivity index (χ0) is 19.3. The summed E-state index contributed by atoms with van der Waals surface area (Å²) in [7, 11) is -0.163. The molecule has 1 aromatic carbocycles. The van der Waals surface area contributed by atoms with Gasteiger partial charge in [-0.15, -0.1) is 0 Å². The summed E-state index contributed by atoms with van der Waals surface area (Å²) in [6.45, 7) is 1.94. The molecule has 0 aliphatic carbocycles. The molecule has 1 saturated heterocycles. The van der Waals surface area contributed by atoms with Gasteiger partial charge >= 0.3 is 0 Å². The van der Waals surface area contributed by atoms with Crippen LogP contribution in [0.25, 0.3) is 0 Å². The van der Waals surface area contributed by atoms with Gasteiger partial charge in [0.15, 0.2) is 0 Å². The normalized spacial score (nSPS) is 18.3. The van der Waals surface area contributed by atoms with Gasteiger partial charge in [-0.2, -0.15) is 0 Å². The maximum Gasteiger partial charge on any atom is 0.293 e. The molecule has 10 heteroatoms. The van der Waals surface area contributed by atoms with E-state index >= 15 is 0 Å². The molecule has 1 aliphatic rings. The second-order valence-corrected chi connectivity index (χ2v) is 8.51. The number of anilines is 1. The summed E-state index contributed by atoms with van der Waals surface area (Å²) in [5.41, 5.74) is 0.152. The van der Waals surface area contributed by atoms with E-state index in [1.165, 1.54) is 12.1 Å². The highest BCUT2D eigenvalue weighted by Crippen LogP contribution is 2.33. The molecule has 0 spiro atoms. The van der Waals surface area contributed by atoms with Crippen LogP contribution in [0, 0.1) is 16.0 Å². The third kappa shape index (κ3) is 5.13. The van der Waals surface area contributed by atoms with E-state index in [1.54, 1.807) is 0 Å². The fraction of sp³-hybridized carbons (Fsp3) is 0.625. The van der Waals surface area contributed by atoms with Crippen LogP contribution in [0.1, 0.15) is 12.8 Å². The van der Waals surface area contributed by atoms with Crippen molar-refractivity contribution in [1.29, 1.82) is 0 Å². The Morgan fingerprint density at radius 3 is 2.77 bits per heavy atom. The molecule has 9 nitrogen and oxygen atoms in total. The number of piperidine rings is 1. The molecule has 0 bridgehead atoms. The third-order valence-corrected chi connectivity index (χ3v) is 5.88. The number of nitro groups is 1. The predicted octanol–water partition coefficient (Wildman–Crippen LogP) is 0.643. The Morgan fingerprint density at radius 2 is 2.15 bits per heavy atom. The lowest BCUT2D eigenvalue weighted by Gasteiger charge is -2.33. The molecular formula is C16H26N4O5S. The van der Waals surface area contributed by atoms with Gasteiger partial charge in [0.25, 0.3) is 5.69 Å². The maximum absolute atomic E-state index is 12.4. The molecule has 1 aliphatic heterocycles. The minimum Gasteiger partial charge on any atom is -0.396 e. The summed E-state index contributed by atoms with van der Waals surface area (Å²) < 4.78 is 27.2. The zero-order valence-corrected chi connectivity index (χ0v) is 15.9. The maximum atomic E-state index is 12.4. The van der Waals surface area contributed by atoms with E-state index < -0.39 is 14.9 Å². The van der Waals surface area contributed by atoms with Crippen LogP contribution in [0.2, 0.25) is 0 Å². The monoisotopic (exact) mass is 386 g/mol. The fourth-order valence-electron chi connectivity index (χ4n) is 3.00. The van der Waals surface area contributed by atoms with Crippen molar-refractivity contribution in [3.63, 3.8) is 0 Å². The predicted molar refractivity (Wildman–Crippen MR) is 98.9 cm³/mol. The molecule has 0 radical (unpaired) electrons. The Balaban J connectivity index is 2.27. The van der Waals surface area contributed by atoms with Gasteiger partial charge in [0.05, 0.1) is 9.82 Å². The number of sulfonamides is 1. The molecule has 0 saturated carbocycles. The van der Waals surface area contributed by atoms with Crippen molar-refractivity contribution in [3.8, 4) is 0 Å². The standard InChI is InChI=1S/C16H26N4O5S/c1-18(2)9-7-17-26(24,25)14-5-6-15(16(10-14)20(22)23)19-8-3-4-13(11-19)12-21/h5-6,10,13,17,21H,3-4,7-9,11-12H2,1-2H3. The first-order valence-corrected chi connectivity index (χ1v) is 10.0. The Kier molecular flexibility index (Phi) is 6.93. The van der Waals surface area contributed by atoms with Crippen molar-refractivity contribution in [1.82, 2.24) is 9.62 Å². The van der Waals surface area contributed by atoms with Crippen molar-refractivity contribution in [2.45, 2.75) is 17.7 Å². The molecule has 1 atom stereocenters. The Bertz CT molecular complexity index is 738. The van der Waals surface area contributed by atoms with Crippen LogP contribution in [-0.4, -0.2) is 70.2 Å². The van der Waals surface area contributed by atoms with Crippen molar-refractivity contribution in [3.05, 3.63) is 28.3 Å². The minimum atomic E-state index is -3.81. The lowest BCUT2D eigenvalue weighted by Crippen LogP contribution is -2.37. The van der Waals surface area contributed by atoms with Crippen molar-refractivity contribution in [2.75, 3.05) is 51.8 Å². The van der Waals surface area contributed by atoms with E-state index in [2.05, 4.69) is 4.72 Å². The number of hydrogen-bond donors (Lipinski definition) is 2. The molecule has 26 heavy (non-hydrogen) atoms. The first kappa shape index (κ1) is 20.6. The van der Waals surface area contributed by atoms with E-state index in [9.17, 15) is 23.6 Å². The number of nitrogens with zero attached hydrogens (tertiary/aromatic N) is 3. The molecule has 1 unspecified atom stereocenters. The molecule has 2 rings (SSSR count). The van der Waals surface area contributed by atoms with E-state index in [0.29, 0.717) is 25.3 Å². The van der Waals surface area contributed by atoms with Gasteiger partial charge in [0.1, 0.15) is 5.69 Å². The number of aliphatic hydroxyl groups is 1. The van der Waals surface area contributed by atoms with Gasteiger partial charge in [0.2, 0.25) is 10.0 Å². The Labute approximate surface area is 153 Å². The van der Waals surface area contributed by atoms with Crippen LogP contribution in [0.3, 0.4) is 0 Å². The van der Waals surface area contributed by atoms with Gasteiger partial charge < -0.3 is 14.9 Å². The minimum absolute atomic E-state index is 0.0343. The average molecular weight is 386 g/mol. The average Bonchev–Trinajstić information content (AvgIpc) is 2.60. The quantitative estimate of drug-likeness (QED) is 0.497. The molecule has 146 valence electrons. The van der Waals surface area contributed by atoms with Gasteiger partial charge in [-0.25, -0.2) is 13.1 Å². The SMILES string of the molecule is CN(C)CCNS(=O)(=O)c1ccc(N2CCCC(CO)C2)c([N+](=O)[O-])c1. The number of likely N-dealkylation sites (N-methyl/N-ethyl adjacent to an activating group) is 1. The summed E-state index contributed by atoms with van der Waals surface area (Å²) >= 11 is 0. The van der Waals surface area contributed by atoms with Crippen LogP contribution < -0.4 is 9.62 Å². The molecule has 1 heterocycles. The molecule has 0 amide bonds. The number of aliphatic hydroxyl groups excluding tert-OH is 1. The number of hydrogen-bond acceptors (Lipinski definition) is 7. The van der Waals surface area contributed by atoms with Crippen LogP contribution in [0.5, 0.6) is 0 Å². The van der Waals surface area contributed by atoms with E-state index in [-0.39, 0.29) is 29.7 Å². The topological polar surface area (TPSA) is 116 Å². The number of benzene rings is 1. The lowest BCUT2D eigenvalue weighted by molar-refractivity contribution is -0.384. The van der Waals surface area contributed by atoms with Gasteiger partial charge in [-0.1, -0.05) is 0 Å². The molecule has 1 fully saturated rings. The summed E-state index contributed by atoms with van der Waals surface area (Å²) in [5, 5.41) is 20.9. The largest absolute Gasteiger partial charge is 0.396 e. The van der Waals surface area contributed by atoms with Gasteiger partial charge in [0, 0.05) is 38.9 Å². The van der Waals surface area contributed by atoms with Crippen molar-refractivity contribution >= 4 is 21.4 Å². The number of nitro benzene ring substituents is 1. The number of rotatable bonds is 8. The van der Waals surface area contributed by atoms with Crippen molar-refractivity contribution < 1.29 is 18.4 Å². The molecule has 0 aromatic heterocycles. The number of nitrogens with one attached hydrogen (secondary N) is 1. The highest BCUT2D eigenvalue weighted by Gasteiger charge is 2.27. The highest BCUT2D eigenvalue weighted by molar-refractivity contribution is 7.89. The summed E-state index contributed by atoms with van der Waals surface area (Å²) in [6, 6.07) is 3.98. The summed E-state index contributed by atoms with van der Waals surface area (Å²) in [4.78, 5) is 14.5. The summed E-state index contributed by atoms with van der Waals surface area (Å²) in [5.74, 6) is 0.0689. The smallest absolute Gasteiger partial charge is 0.293 e. The van der Waals surface area contributed by atoms with Gasteiger partial charge in [-0.3, -0.25) is 10.1 Å². The third-order valence-electron chi connectivity index (χ3n) is 4.42. The van der Waals surface area contributed by atoms with Crippen LogP contribution in [-0.2, 0) is 10.0 Å². The first-order valence-electron chi connectivity index (χ1n) is 8.53. The zero-order valence-electron chi connectivity index (χ0n) is 15.1. The molecule has 1 aromatic rings. The molecular weight excluding hydrogens is 360 g/mol. The highest BCUT2D eigenvalue weighted by atomic mass is 32.2. The lowest BCUT2D eigenvalue weighted by atomic mass is 9.98. The van der Waals surface area contributed by atoms with Crippen LogP contribution in [0.4, 0.5) is 11.4 Å². The van der Waals surface area contributed by atoms with E-state index in [4.69, 9.17) is 0 Å². The second-order valence-electron chi connectivity index (χ2n) is 6.75. The van der Waals surface area contributed by atoms with E-state index in [1.807, 2.05) is 23.9 Å². The first-order chi connectivity index (χ1) is 12.2. The van der Waals surface area contributed by atoms with Crippen LogP contribution >= 0.6 is 0 Å². The van der Waals surface area contributed by atoms with Crippen molar-refractivity contribution in [2.24, 2.45) is 5.92 Å². The molecule has 2 N–H and O–H groups in total. The van der Waals surface area contributed by atoms with Gasteiger partial charge in [-0.05, 0) is 45.0 Å². The Hall–Kier alpha value is -1.75. The van der Waals surface area contributed by atoms with Crippen LogP contribution in [0.15, 0.2) is 23.1 Å². The Morgan fingerprint density at radius 1 is 1.42 bits per heavy atom. The summed E-state index contributed by atoms with van der Waals surface area (Å²) in [6.07, 6.45) is 1.71. The van der Waals surface area contributed by atoms with E-state index in [0.717, 1.165) is 18.9 Å². The second kappa shape index (κ2) is 8.76. The fourth-order valence-corrected chi connectivity index (χ4v) is 4.04.